The van der Waals surface area contributed by atoms with Gasteiger partial charge < -0.3 is 13.9 Å². The van der Waals surface area contributed by atoms with Gasteiger partial charge in [-0.1, -0.05) is 25.6 Å². The van der Waals surface area contributed by atoms with Crippen LogP contribution in [-0.2, 0) is 0 Å². The van der Waals surface area contributed by atoms with Crippen molar-refractivity contribution in [3.05, 3.63) is 18.2 Å². The molecule has 5 nitrogen and oxygen atoms in total. The minimum atomic E-state index is 0.395. The number of hydrogen-bond acceptors (Lipinski definition) is 6. The van der Waals surface area contributed by atoms with Gasteiger partial charge in [-0.2, -0.15) is 0 Å². The number of thioether (sulfide) groups is 1. The average molecular weight is 280 g/mol. The molecular weight excluding hydrogens is 264 g/mol. The fraction of sp³-hybridized carbons (Fsp3) is 0.385. The molecule has 0 aliphatic heterocycles. The topological polar surface area (TPSA) is 57.4 Å². The quantitative estimate of drug-likeness (QED) is 0.784. The average Bonchev–Trinajstić information content (AvgIpc) is 2.85. The standard InChI is InChI=1S/C13H16N2O3S/c1-8(2)19-13-15-14-12(18-13)10-6-5-9(16-3)7-11(10)17-4/h5-8H,1-4H3. The molecule has 1 heterocycles. The highest BCUT2D eigenvalue weighted by atomic mass is 32.2. The molecule has 0 atom stereocenters. The predicted octanol–water partition coefficient (Wildman–Crippen LogP) is 3.25. The summed E-state index contributed by atoms with van der Waals surface area (Å²) in [6.45, 7) is 4.14. The van der Waals surface area contributed by atoms with Crippen LogP contribution in [-0.4, -0.2) is 29.7 Å². The van der Waals surface area contributed by atoms with Crippen molar-refractivity contribution in [3.63, 3.8) is 0 Å². The molecule has 1 aromatic heterocycles. The normalized spacial score (nSPS) is 10.8. The van der Waals surface area contributed by atoms with Crippen LogP contribution in [0.1, 0.15) is 13.8 Å². The Labute approximate surface area is 116 Å². The van der Waals surface area contributed by atoms with Gasteiger partial charge in [0.2, 0.25) is 0 Å². The molecular formula is C13H16N2O3S. The summed E-state index contributed by atoms with van der Waals surface area (Å²) in [5.74, 6) is 1.81. The Hall–Kier alpha value is -1.69. The molecule has 19 heavy (non-hydrogen) atoms. The smallest absolute Gasteiger partial charge is 0.277 e. The second-order valence-electron chi connectivity index (χ2n) is 4.11. The molecule has 6 heteroatoms. The van der Waals surface area contributed by atoms with Gasteiger partial charge in [-0.25, -0.2) is 0 Å². The summed E-state index contributed by atoms with van der Waals surface area (Å²) in [5.41, 5.74) is 0.756. The highest BCUT2D eigenvalue weighted by Gasteiger charge is 2.15. The first-order valence-electron chi connectivity index (χ1n) is 5.86. The summed E-state index contributed by atoms with van der Waals surface area (Å²) < 4.78 is 16.1. The summed E-state index contributed by atoms with van der Waals surface area (Å²) >= 11 is 1.53. The maximum atomic E-state index is 5.62. The second-order valence-corrected chi connectivity index (χ2v) is 5.63. The Morgan fingerprint density at radius 1 is 1.16 bits per heavy atom. The molecule has 0 saturated carbocycles. The van der Waals surface area contributed by atoms with Crippen LogP contribution >= 0.6 is 11.8 Å². The lowest BCUT2D eigenvalue weighted by atomic mass is 10.2. The van der Waals surface area contributed by atoms with Crippen molar-refractivity contribution < 1.29 is 13.9 Å². The van der Waals surface area contributed by atoms with E-state index in [2.05, 4.69) is 24.0 Å². The van der Waals surface area contributed by atoms with Crippen molar-refractivity contribution in [1.82, 2.24) is 10.2 Å². The molecule has 0 bridgehead atoms. The van der Waals surface area contributed by atoms with Gasteiger partial charge in [0, 0.05) is 11.3 Å². The molecule has 0 N–H and O–H groups in total. The molecule has 0 spiro atoms. The maximum Gasteiger partial charge on any atom is 0.277 e. The van der Waals surface area contributed by atoms with Crippen LogP contribution in [0.5, 0.6) is 11.5 Å². The van der Waals surface area contributed by atoms with Gasteiger partial charge in [0.1, 0.15) is 11.5 Å². The van der Waals surface area contributed by atoms with Gasteiger partial charge in [-0.15, -0.1) is 10.2 Å². The number of nitrogens with zero attached hydrogens (tertiary/aromatic N) is 2. The fourth-order valence-corrected chi connectivity index (χ4v) is 2.16. The first kappa shape index (κ1) is 13.7. The molecule has 0 fully saturated rings. The number of aromatic nitrogens is 2. The van der Waals surface area contributed by atoms with Gasteiger partial charge in [-0.05, 0) is 12.1 Å². The lowest BCUT2D eigenvalue weighted by molar-refractivity contribution is 0.393. The van der Waals surface area contributed by atoms with Crippen molar-refractivity contribution in [2.45, 2.75) is 24.3 Å². The molecule has 0 amide bonds. The SMILES string of the molecule is COc1ccc(-c2nnc(SC(C)C)o2)c(OC)c1. The highest BCUT2D eigenvalue weighted by molar-refractivity contribution is 7.99. The van der Waals surface area contributed by atoms with Crippen LogP contribution in [0.2, 0.25) is 0 Å². The molecule has 2 rings (SSSR count). The predicted molar refractivity (Wildman–Crippen MR) is 73.8 cm³/mol. The minimum absolute atomic E-state index is 0.395. The monoisotopic (exact) mass is 280 g/mol. The zero-order chi connectivity index (χ0) is 13.8. The number of methoxy groups -OCH3 is 2. The number of benzene rings is 1. The molecule has 0 radical (unpaired) electrons. The van der Waals surface area contributed by atoms with Crippen molar-refractivity contribution in [3.8, 4) is 23.0 Å². The van der Waals surface area contributed by atoms with E-state index in [9.17, 15) is 0 Å². The van der Waals surface area contributed by atoms with Crippen LogP contribution in [0.3, 0.4) is 0 Å². The van der Waals surface area contributed by atoms with Crippen LogP contribution in [0, 0.1) is 0 Å². The van der Waals surface area contributed by atoms with E-state index in [-0.39, 0.29) is 0 Å². The summed E-state index contributed by atoms with van der Waals surface area (Å²) in [7, 11) is 3.21. The van der Waals surface area contributed by atoms with E-state index >= 15 is 0 Å². The van der Waals surface area contributed by atoms with Gasteiger partial charge in [0.15, 0.2) is 0 Å². The Balaban J connectivity index is 2.33. The van der Waals surface area contributed by atoms with Crippen molar-refractivity contribution in [2.24, 2.45) is 0 Å². The van der Waals surface area contributed by atoms with E-state index in [1.54, 1.807) is 20.3 Å². The lowest BCUT2D eigenvalue weighted by Crippen LogP contribution is -1.90. The third-order valence-corrected chi connectivity index (χ3v) is 3.22. The molecule has 0 unspecified atom stereocenters. The number of rotatable bonds is 5. The van der Waals surface area contributed by atoms with Gasteiger partial charge in [-0.3, -0.25) is 0 Å². The number of ether oxygens (including phenoxy) is 2. The zero-order valence-electron chi connectivity index (χ0n) is 11.3. The zero-order valence-corrected chi connectivity index (χ0v) is 12.2. The third kappa shape index (κ3) is 3.20. The Morgan fingerprint density at radius 2 is 1.95 bits per heavy atom. The lowest BCUT2D eigenvalue weighted by Gasteiger charge is -2.07. The minimum Gasteiger partial charge on any atom is -0.497 e. The first-order valence-corrected chi connectivity index (χ1v) is 6.74. The maximum absolute atomic E-state index is 5.62. The molecule has 0 aliphatic rings. The van der Waals surface area contributed by atoms with Crippen LogP contribution in [0.4, 0.5) is 0 Å². The van der Waals surface area contributed by atoms with Crippen molar-refractivity contribution >= 4 is 11.8 Å². The Kier molecular flexibility index (Phi) is 4.31. The fourth-order valence-electron chi connectivity index (χ4n) is 1.54. The van der Waals surface area contributed by atoms with E-state index in [1.807, 2.05) is 12.1 Å². The largest absolute Gasteiger partial charge is 0.497 e. The number of hydrogen-bond donors (Lipinski definition) is 0. The summed E-state index contributed by atoms with van der Waals surface area (Å²) in [4.78, 5) is 0. The summed E-state index contributed by atoms with van der Waals surface area (Å²) in [6, 6.07) is 5.46. The van der Waals surface area contributed by atoms with Gasteiger partial charge in [0.25, 0.3) is 11.1 Å². The summed E-state index contributed by atoms with van der Waals surface area (Å²) in [6.07, 6.45) is 0. The van der Waals surface area contributed by atoms with E-state index in [0.717, 1.165) is 11.3 Å². The third-order valence-electron chi connectivity index (χ3n) is 2.38. The highest BCUT2D eigenvalue weighted by Crippen LogP contribution is 2.34. The van der Waals surface area contributed by atoms with Crippen LogP contribution < -0.4 is 9.47 Å². The van der Waals surface area contributed by atoms with E-state index in [1.165, 1.54) is 11.8 Å². The van der Waals surface area contributed by atoms with Crippen molar-refractivity contribution in [1.29, 1.82) is 0 Å². The Bertz CT molecular complexity index is 555. The molecule has 102 valence electrons. The second kappa shape index (κ2) is 5.97. The van der Waals surface area contributed by atoms with Gasteiger partial charge >= 0.3 is 0 Å². The summed E-state index contributed by atoms with van der Waals surface area (Å²) in [5, 5.41) is 9.01. The van der Waals surface area contributed by atoms with Crippen LogP contribution in [0.25, 0.3) is 11.5 Å². The molecule has 0 aliphatic carbocycles. The van der Waals surface area contributed by atoms with Crippen molar-refractivity contribution in [2.75, 3.05) is 14.2 Å². The van der Waals surface area contributed by atoms with E-state index in [4.69, 9.17) is 13.9 Å². The first-order chi connectivity index (χ1) is 9.13. The molecule has 1 aromatic carbocycles. The van der Waals surface area contributed by atoms with E-state index in [0.29, 0.717) is 22.1 Å². The van der Waals surface area contributed by atoms with Gasteiger partial charge in [0.05, 0.1) is 19.8 Å². The Morgan fingerprint density at radius 3 is 2.58 bits per heavy atom. The van der Waals surface area contributed by atoms with E-state index < -0.39 is 0 Å². The van der Waals surface area contributed by atoms with Crippen LogP contribution in [0.15, 0.2) is 27.8 Å². The molecule has 2 aromatic rings. The molecule has 0 saturated heterocycles.